The van der Waals surface area contributed by atoms with Crippen LogP contribution in [0.5, 0.6) is 0 Å². The minimum atomic E-state index is -0.443. The van der Waals surface area contributed by atoms with Crippen LogP contribution in [0.15, 0.2) is 18.2 Å². The molecule has 3 N–H and O–H groups in total. The number of nitrogens with zero attached hydrogens (tertiary/aromatic N) is 1. The molecule has 0 saturated carbocycles. The van der Waals surface area contributed by atoms with E-state index < -0.39 is 5.82 Å². The van der Waals surface area contributed by atoms with E-state index in [1.54, 1.807) is 6.07 Å². The Bertz CT molecular complexity index is 526. The lowest BCUT2D eigenvalue weighted by Gasteiger charge is -2.20. The highest BCUT2D eigenvalue weighted by atomic mass is 35.5. The molecule has 0 spiro atoms. The number of anilines is 1. The van der Waals surface area contributed by atoms with Crippen LogP contribution in [0, 0.1) is 5.82 Å². The number of hydrogen-bond donors (Lipinski definition) is 3. The predicted molar refractivity (Wildman–Crippen MR) is 84.9 cm³/mol. The van der Waals surface area contributed by atoms with Crippen LogP contribution in [-0.4, -0.2) is 42.9 Å². The Morgan fingerprint density at radius 3 is 3.00 bits per heavy atom. The molecule has 1 aliphatic rings. The van der Waals surface area contributed by atoms with E-state index in [1.807, 2.05) is 11.8 Å². The lowest BCUT2D eigenvalue weighted by atomic mass is 10.2. The molecule has 0 radical (unpaired) electrons. The first kappa shape index (κ1) is 16.8. The fourth-order valence-corrected chi connectivity index (χ4v) is 2.60. The molecule has 1 heterocycles. The Balaban J connectivity index is 1.87. The maximum absolute atomic E-state index is 13.5. The Hall–Kier alpha value is -1.53. The molecule has 7 heteroatoms. The van der Waals surface area contributed by atoms with Crippen LogP contribution in [0.2, 0.25) is 5.02 Å². The summed E-state index contributed by atoms with van der Waals surface area (Å²) in [5.74, 6) is -0.443. The summed E-state index contributed by atoms with van der Waals surface area (Å²) < 4.78 is 13.5. The van der Waals surface area contributed by atoms with Gasteiger partial charge >= 0.3 is 6.03 Å². The van der Waals surface area contributed by atoms with E-state index in [1.165, 1.54) is 12.1 Å². The molecule has 0 aromatic heterocycles. The average molecular weight is 330 g/mol. The topological polar surface area (TPSA) is 64.6 Å². The third-order valence-corrected chi connectivity index (χ3v) is 4.15. The van der Waals surface area contributed by atoms with Crippen LogP contribution in [-0.2, 0) is 0 Å². The van der Waals surface area contributed by atoms with E-state index in [-0.39, 0.29) is 29.7 Å². The van der Waals surface area contributed by atoms with Gasteiger partial charge in [0.1, 0.15) is 5.82 Å². The van der Waals surface area contributed by atoms with E-state index in [0.29, 0.717) is 13.0 Å². The summed E-state index contributed by atoms with van der Waals surface area (Å²) in [5.41, 5.74) is 0.758. The second-order valence-corrected chi connectivity index (χ2v) is 5.84. The van der Waals surface area contributed by atoms with E-state index in [4.69, 9.17) is 16.7 Å². The molecule has 1 saturated heterocycles. The molecule has 1 aromatic rings. The smallest absolute Gasteiger partial charge is 0.315 e. The molecule has 22 heavy (non-hydrogen) atoms. The summed E-state index contributed by atoms with van der Waals surface area (Å²) in [6.07, 6.45) is 1.46. The van der Waals surface area contributed by atoms with Crippen molar-refractivity contribution >= 4 is 23.3 Å². The van der Waals surface area contributed by atoms with Crippen molar-refractivity contribution < 1.29 is 14.3 Å². The van der Waals surface area contributed by atoms with Crippen molar-refractivity contribution in [3.05, 3.63) is 29.0 Å². The molecule has 0 unspecified atom stereocenters. The van der Waals surface area contributed by atoms with Gasteiger partial charge in [-0.1, -0.05) is 18.5 Å². The molecule has 1 aromatic carbocycles. The van der Waals surface area contributed by atoms with Gasteiger partial charge < -0.3 is 20.6 Å². The van der Waals surface area contributed by atoms with Crippen LogP contribution < -0.4 is 15.5 Å². The molecule has 0 aliphatic carbocycles. The summed E-state index contributed by atoms with van der Waals surface area (Å²) in [6.45, 7) is 3.17. The maximum Gasteiger partial charge on any atom is 0.315 e. The number of aliphatic hydroxyl groups is 1. The second kappa shape index (κ2) is 7.65. The highest BCUT2D eigenvalue weighted by Crippen LogP contribution is 2.24. The number of carbonyl (C=O) groups is 1. The molecular weight excluding hydrogens is 309 g/mol. The third kappa shape index (κ3) is 4.24. The maximum atomic E-state index is 13.5. The van der Waals surface area contributed by atoms with Gasteiger partial charge in [0.15, 0.2) is 0 Å². The Labute approximate surface area is 134 Å². The lowest BCUT2D eigenvalue weighted by Crippen LogP contribution is -2.48. The molecule has 0 bridgehead atoms. The first-order valence-electron chi connectivity index (χ1n) is 7.41. The van der Waals surface area contributed by atoms with Crippen molar-refractivity contribution in [1.82, 2.24) is 10.6 Å². The van der Waals surface area contributed by atoms with Gasteiger partial charge in [0, 0.05) is 24.8 Å². The van der Waals surface area contributed by atoms with E-state index in [2.05, 4.69) is 10.6 Å². The van der Waals surface area contributed by atoms with Crippen LogP contribution in [0.1, 0.15) is 19.8 Å². The Kier molecular flexibility index (Phi) is 5.85. The van der Waals surface area contributed by atoms with Crippen molar-refractivity contribution in [3.63, 3.8) is 0 Å². The van der Waals surface area contributed by atoms with Crippen LogP contribution in [0.4, 0.5) is 14.9 Å². The van der Waals surface area contributed by atoms with E-state index >= 15 is 0 Å². The van der Waals surface area contributed by atoms with Crippen molar-refractivity contribution in [2.24, 2.45) is 0 Å². The number of benzene rings is 1. The van der Waals surface area contributed by atoms with E-state index in [0.717, 1.165) is 18.7 Å². The second-order valence-electron chi connectivity index (χ2n) is 5.44. The van der Waals surface area contributed by atoms with Crippen LogP contribution in [0.25, 0.3) is 0 Å². The zero-order valence-electron chi connectivity index (χ0n) is 12.5. The highest BCUT2D eigenvalue weighted by Gasteiger charge is 2.25. The third-order valence-electron chi connectivity index (χ3n) is 3.84. The standard InChI is InChI=1S/C15H21ClFN3O2/c1-2-10(9-21)18-15(22)19-11-5-6-20(8-11)12-3-4-13(16)14(17)7-12/h3-4,7,10-11,21H,2,5-6,8-9H2,1H3,(H2,18,19,22)/t10-,11+/m0/s1. The van der Waals surface area contributed by atoms with Crippen molar-refractivity contribution in [2.75, 3.05) is 24.6 Å². The predicted octanol–water partition coefficient (Wildman–Crippen LogP) is 2.13. The number of rotatable bonds is 5. The first-order valence-corrected chi connectivity index (χ1v) is 7.79. The number of amides is 2. The lowest BCUT2D eigenvalue weighted by molar-refractivity contribution is 0.212. The molecule has 1 fully saturated rings. The van der Waals surface area contributed by atoms with Gasteiger partial charge in [0.05, 0.1) is 17.7 Å². The Morgan fingerprint density at radius 2 is 2.36 bits per heavy atom. The fourth-order valence-electron chi connectivity index (χ4n) is 2.48. The number of aliphatic hydroxyl groups excluding tert-OH is 1. The molecule has 2 atom stereocenters. The average Bonchev–Trinajstić information content (AvgIpc) is 2.96. The van der Waals surface area contributed by atoms with E-state index in [9.17, 15) is 9.18 Å². The van der Waals surface area contributed by atoms with Gasteiger partial charge in [-0.25, -0.2) is 9.18 Å². The molecule has 2 rings (SSSR count). The monoisotopic (exact) mass is 329 g/mol. The van der Waals surface area contributed by atoms with Gasteiger partial charge in [-0.3, -0.25) is 0 Å². The summed E-state index contributed by atoms with van der Waals surface area (Å²) >= 11 is 5.68. The summed E-state index contributed by atoms with van der Waals surface area (Å²) in [7, 11) is 0. The minimum Gasteiger partial charge on any atom is -0.394 e. The van der Waals surface area contributed by atoms with Crippen molar-refractivity contribution in [2.45, 2.75) is 31.8 Å². The quantitative estimate of drug-likeness (QED) is 0.775. The molecule has 122 valence electrons. The molecule has 2 amide bonds. The van der Waals surface area contributed by atoms with Gasteiger partial charge in [-0.05, 0) is 31.0 Å². The van der Waals surface area contributed by atoms with Gasteiger partial charge in [0.25, 0.3) is 0 Å². The molecule has 5 nitrogen and oxygen atoms in total. The first-order chi connectivity index (χ1) is 10.5. The summed E-state index contributed by atoms with van der Waals surface area (Å²) in [5, 5.41) is 14.8. The minimum absolute atomic E-state index is 0.00469. The van der Waals surface area contributed by atoms with Crippen molar-refractivity contribution in [1.29, 1.82) is 0 Å². The molecular formula is C15H21ClFN3O2. The van der Waals surface area contributed by atoms with Crippen molar-refractivity contribution in [3.8, 4) is 0 Å². The zero-order chi connectivity index (χ0) is 16.1. The molecule has 1 aliphatic heterocycles. The normalized spacial score (nSPS) is 19.1. The zero-order valence-corrected chi connectivity index (χ0v) is 13.2. The number of urea groups is 1. The van der Waals surface area contributed by atoms with Gasteiger partial charge in [0.2, 0.25) is 0 Å². The van der Waals surface area contributed by atoms with Gasteiger partial charge in [-0.2, -0.15) is 0 Å². The number of halogens is 2. The number of nitrogens with one attached hydrogen (secondary N) is 2. The SMILES string of the molecule is CC[C@@H](CO)NC(=O)N[C@@H]1CCN(c2ccc(Cl)c(F)c2)C1. The summed E-state index contributed by atoms with van der Waals surface area (Å²) in [6, 6.07) is 4.19. The van der Waals surface area contributed by atoms with Crippen LogP contribution in [0.3, 0.4) is 0 Å². The Morgan fingerprint density at radius 1 is 1.59 bits per heavy atom. The largest absolute Gasteiger partial charge is 0.394 e. The van der Waals surface area contributed by atoms with Gasteiger partial charge in [-0.15, -0.1) is 0 Å². The number of carbonyl (C=O) groups excluding carboxylic acids is 1. The summed E-state index contributed by atoms with van der Waals surface area (Å²) in [4.78, 5) is 13.8. The highest BCUT2D eigenvalue weighted by molar-refractivity contribution is 6.30. The number of hydrogen-bond acceptors (Lipinski definition) is 3. The fraction of sp³-hybridized carbons (Fsp3) is 0.533. The van der Waals surface area contributed by atoms with Crippen LogP contribution >= 0.6 is 11.6 Å².